The van der Waals surface area contributed by atoms with Crippen LogP contribution in [-0.4, -0.2) is 84.8 Å². The standard InChI is InChI=1S/C22H40N2O9S2/c1-11-31-20(34)35-14(12-15(16(25)28-8)17(29-9)30-10)13-24(19(27)33-22(5,6)7)23-18(26)32-21(2,3)4/h14-15,17H,11-13H2,1-10H3,(H,23,26). The van der Waals surface area contributed by atoms with E-state index < -0.39 is 46.8 Å². The molecule has 0 rings (SSSR count). The van der Waals surface area contributed by atoms with E-state index in [-0.39, 0.29) is 17.3 Å². The molecule has 2 atom stereocenters. The molecule has 35 heavy (non-hydrogen) atoms. The molecule has 0 aliphatic rings. The normalized spacial score (nSPS) is 13.5. The summed E-state index contributed by atoms with van der Waals surface area (Å²) in [4.78, 5) is 37.9. The average molecular weight is 541 g/mol. The molecule has 0 saturated heterocycles. The van der Waals surface area contributed by atoms with Gasteiger partial charge in [-0.05, 0) is 67.1 Å². The first-order valence-corrected chi connectivity index (χ1v) is 12.3. The predicted molar refractivity (Wildman–Crippen MR) is 136 cm³/mol. The molecule has 0 bridgehead atoms. The Labute approximate surface area is 217 Å². The molecule has 0 aromatic heterocycles. The Bertz CT molecular complexity index is 704. The molecule has 1 N–H and O–H groups in total. The Hall–Kier alpha value is -1.83. The number of thiocarbonyl (C=S) groups is 1. The van der Waals surface area contributed by atoms with Gasteiger partial charge in [-0.15, -0.1) is 0 Å². The third-order valence-electron chi connectivity index (χ3n) is 3.96. The molecule has 13 heteroatoms. The van der Waals surface area contributed by atoms with E-state index in [0.717, 1.165) is 16.8 Å². The van der Waals surface area contributed by atoms with E-state index in [2.05, 4.69) is 5.43 Å². The van der Waals surface area contributed by atoms with Crippen molar-refractivity contribution in [2.24, 2.45) is 5.92 Å². The van der Waals surface area contributed by atoms with E-state index in [1.165, 1.54) is 21.3 Å². The number of ether oxygens (including phenoxy) is 6. The molecule has 0 radical (unpaired) electrons. The molecule has 0 heterocycles. The van der Waals surface area contributed by atoms with Crippen molar-refractivity contribution in [2.75, 3.05) is 34.5 Å². The second-order valence-electron chi connectivity index (χ2n) is 9.33. The molecule has 204 valence electrons. The highest BCUT2D eigenvalue weighted by Crippen LogP contribution is 2.27. The molecule has 0 fully saturated rings. The number of amides is 2. The third-order valence-corrected chi connectivity index (χ3v) is 5.36. The summed E-state index contributed by atoms with van der Waals surface area (Å²) in [5, 5.41) is 0.419. The number of rotatable bonds is 10. The van der Waals surface area contributed by atoms with Crippen molar-refractivity contribution in [3.8, 4) is 0 Å². The van der Waals surface area contributed by atoms with Gasteiger partial charge in [0.2, 0.25) is 4.38 Å². The van der Waals surface area contributed by atoms with E-state index in [1.807, 2.05) is 0 Å². The number of methoxy groups -OCH3 is 3. The molecular weight excluding hydrogens is 500 g/mol. The van der Waals surface area contributed by atoms with Crippen molar-refractivity contribution >= 4 is 46.5 Å². The summed E-state index contributed by atoms with van der Waals surface area (Å²) in [6.07, 6.45) is -2.48. The number of esters is 1. The maximum absolute atomic E-state index is 12.9. The first kappa shape index (κ1) is 33.2. The predicted octanol–water partition coefficient (Wildman–Crippen LogP) is 3.88. The fraction of sp³-hybridized carbons (Fsp3) is 0.818. The fourth-order valence-corrected chi connectivity index (χ4v) is 4.23. The first-order chi connectivity index (χ1) is 16.1. The smallest absolute Gasteiger partial charge is 0.429 e. The van der Waals surface area contributed by atoms with Crippen LogP contribution in [0.1, 0.15) is 54.9 Å². The SMILES string of the molecule is CCOC(=S)SC(CC(C(=O)OC)C(OC)OC)CN(NC(=O)OC(C)(C)C)C(=O)OC(C)(C)C. The van der Waals surface area contributed by atoms with Gasteiger partial charge < -0.3 is 28.4 Å². The van der Waals surface area contributed by atoms with Crippen LogP contribution in [0.25, 0.3) is 0 Å². The topological polar surface area (TPSA) is 122 Å². The Balaban J connectivity index is 6.06. The molecule has 0 aliphatic heterocycles. The van der Waals surface area contributed by atoms with E-state index in [1.54, 1.807) is 48.5 Å². The number of thioether (sulfide) groups is 1. The van der Waals surface area contributed by atoms with Crippen molar-refractivity contribution in [3.63, 3.8) is 0 Å². The Morgan fingerprint density at radius 1 is 0.971 bits per heavy atom. The van der Waals surface area contributed by atoms with Crippen LogP contribution in [0.2, 0.25) is 0 Å². The highest BCUT2D eigenvalue weighted by Gasteiger charge is 2.36. The highest BCUT2D eigenvalue weighted by atomic mass is 32.2. The molecule has 0 spiro atoms. The second kappa shape index (κ2) is 15.3. The monoisotopic (exact) mass is 540 g/mol. The van der Waals surface area contributed by atoms with Gasteiger partial charge in [0.05, 0.1) is 20.3 Å². The van der Waals surface area contributed by atoms with E-state index in [9.17, 15) is 14.4 Å². The number of nitrogens with one attached hydrogen (secondary N) is 1. The van der Waals surface area contributed by atoms with Gasteiger partial charge in [0, 0.05) is 19.5 Å². The molecule has 0 aromatic rings. The van der Waals surface area contributed by atoms with Gasteiger partial charge in [-0.2, -0.15) is 0 Å². The Morgan fingerprint density at radius 2 is 1.51 bits per heavy atom. The molecule has 0 aliphatic carbocycles. The van der Waals surface area contributed by atoms with Gasteiger partial charge in [-0.1, -0.05) is 11.8 Å². The zero-order valence-electron chi connectivity index (χ0n) is 22.3. The Kier molecular flexibility index (Phi) is 14.5. The number of hydrogen-bond donors (Lipinski definition) is 1. The van der Waals surface area contributed by atoms with Crippen LogP contribution in [-0.2, 0) is 33.2 Å². The van der Waals surface area contributed by atoms with Crippen molar-refractivity contribution in [1.29, 1.82) is 0 Å². The number of hydrazine groups is 1. The van der Waals surface area contributed by atoms with Crippen LogP contribution in [0, 0.1) is 5.92 Å². The van der Waals surface area contributed by atoms with E-state index >= 15 is 0 Å². The lowest BCUT2D eigenvalue weighted by Gasteiger charge is -2.32. The number of carbonyl (C=O) groups excluding carboxylic acids is 3. The van der Waals surface area contributed by atoms with Crippen LogP contribution in [0.3, 0.4) is 0 Å². The summed E-state index contributed by atoms with van der Waals surface area (Å²) in [6.45, 7) is 12.2. The average Bonchev–Trinajstić information content (AvgIpc) is 2.70. The van der Waals surface area contributed by atoms with Crippen LogP contribution < -0.4 is 5.43 Å². The van der Waals surface area contributed by atoms with Gasteiger partial charge in [0.1, 0.15) is 17.1 Å². The van der Waals surface area contributed by atoms with Crippen LogP contribution in [0.5, 0.6) is 0 Å². The van der Waals surface area contributed by atoms with Crippen molar-refractivity contribution < 1.29 is 42.8 Å². The minimum atomic E-state index is -0.917. The van der Waals surface area contributed by atoms with Gasteiger partial charge in [0.25, 0.3) is 0 Å². The lowest BCUT2D eigenvalue weighted by atomic mass is 10.0. The van der Waals surface area contributed by atoms with Gasteiger partial charge in [-0.3, -0.25) is 4.79 Å². The number of carbonyl (C=O) groups is 3. The van der Waals surface area contributed by atoms with Gasteiger partial charge >= 0.3 is 18.2 Å². The largest absolute Gasteiger partial charge is 0.479 e. The van der Waals surface area contributed by atoms with Crippen molar-refractivity contribution in [1.82, 2.24) is 10.4 Å². The minimum Gasteiger partial charge on any atom is -0.479 e. The maximum Gasteiger partial charge on any atom is 0.429 e. The van der Waals surface area contributed by atoms with E-state index in [0.29, 0.717) is 6.61 Å². The summed E-state index contributed by atoms with van der Waals surface area (Å²) in [6, 6.07) is 0. The summed E-state index contributed by atoms with van der Waals surface area (Å²) >= 11 is 6.40. The lowest BCUT2D eigenvalue weighted by molar-refractivity contribution is -0.175. The molecule has 11 nitrogen and oxygen atoms in total. The van der Waals surface area contributed by atoms with Crippen LogP contribution >= 0.6 is 24.0 Å². The zero-order chi connectivity index (χ0) is 27.4. The molecule has 0 saturated carbocycles. The summed E-state index contributed by atoms with van der Waals surface area (Å²) in [5.41, 5.74) is 0.796. The van der Waals surface area contributed by atoms with Crippen molar-refractivity contribution in [3.05, 3.63) is 0 Å². The summed E-state index contributed by atoms with van der Waals surface area (Å²) < 4.78 is 31.8. The van der Waals surface area contributed by atoms with E-state index in [4.69, 9.17) is 40.6 Å². The zero-order valence-corrected chi connectivity index (χ0v) is 23.9. The molecule has 0 aromatic carbocycles. The van der Waals surface area contributed by atoms with Gasteiger partial charge in [-0.25, -0.2) is 20.0 Å². The number of nitrogens with zero attached hydrogens (tertiary/aromatic N) is 1. The second-order valence-corrected chi connectivity index (χ2v) is 11.2. The minimum absolute atomic E-state index is 0.103. The van der Waals surface area contributed by atoms with Crippen molar-refractivity contribution in [2.45, 2.75) is 77.6 Å². The quantitative estimate of drug-likeness (QED) is 0.143. The van der Waals surface area contributed by atoms with Crippen LogP contribution in [0.15, 0.2) is 0 Å². The first-order valence-electron chi connectivity index (χ1n) is 11.0. The molecule has 2 unspecified atom stereocenters. The number of hydrogen-bond acceptors (Lipinski definition) is 11. The van der Waals surface area contributed by atoms with Crippen LogP contribution in [0.4, 0.5) is 9.59 Å². The Morgan fingerprint density at radius 3 is 1.94 bits per heavy atom. The third kappa shape index (κ3) is 14.4. The molecular formula is C22H40N2O9S2. The summed E-state index contributed by atoms with van der Waals surface area (Å²) in [5.74, 6) is -1.44. The maximum atomic E-state index is 12.9. The fourth-order valence-electron chi connectivity index (χ4n) is 2.72. The lowest BCUT2D eigenvalue weighted by Crippen LogP contribution is -2.52. The summed E-state index contributed by atoms with van der Waals surface area (Å²) in [7, 11) is 4.05. The highest BCUT2D eigenvalue weighted by molar-refractivity contribution is 8.23. The molecule has 2 amide bonds. The van der Waals surface area contributed by atoms with Gasteiger partial charge in [0.15, 0.2) is 6.29 Å².